The number of halogens is 1. The van der Waals surface area contributed by atoms with E-state index in [9.17, 15) is 8.42 Å². The molecule has 0 saturated heterocycles. The van der Waals surface area contributed by atoms with E-state index in [2.05, 4.69) is 4.98 Å². The van der Waals surface area contributed by atoms with E-state index in [0.29, 0.717) is 10.6 Å². The van der Waals surface area contributed by atoms with Gasteiger partial charge in [-0.25, -0.2) is 0 Å². The van der Waals surface area contributed by atoms with Crippen LogP contribution in [0.1, 0.15) is 5.56 Å². The van der Waals surface area contributed by atoms with E-state index in [1.807, 2.05) is 0 Å². The molecule has 4 nitrogen and oxygen atoms in total. The number of hydrogen-bond acceptors (Lipinski definition) is 4. The van der Waals surface area contributed by atoms with Crippen LogP contribution in [0, 0.1) is 0 Å². The molecule has 0 N–H and O–H groups in total. The summed E-state index contributed by atoms with van der Waals surface area (Å²) in [5.41, 5.74) is 0.599. The third kappa shape index (κ3) is 3.29. The third-order valence-corrected chi connectivity index (χ3v) is 3.66. The van der Waals surface area contributed by atoms with Gasteiger partial charge in [0.25, 0.3) is 10.1 Å². The second kappa shape index (κ2) is 5.48. The summed E-state index contributed by atoms with van der Waals surface area (Å²) in [7, 11) is -3.74. The lowest BCUT2D eigenvalue weighted by Crippen LogP contribution is -2.06. The first-order chi connectivity index (χ1) is 8.58. The molecule has 1 aromatic heterocycles. The van der Waals surface area contributed by atoms with Crippen LogP contribution >= 0.6 is 11.6 Å². The third-order valence-electron chi connectivity index (χ3n) is 2.17. The first-order valence-corrected chi connectivity index (χ1v) is 6.90. The van der Waals surface area contributed by atoms with Gasteiger partial charge in [-0.15, -0.1) is 0 Å². The first kappa shape index (κ1) is 13.0. The molecule has 0 radical (unpaired) electrons. The summed E-state index contributed by atoms with van der Waals surface area (Å²) in [5, 5.41) is 0.438. The lowest BCUT2D eigenvalue weighted by Gasteiger charge is -2.05. The molecule has 0 amide bonds. The van der Waals surface area contributed by atoms with Gasteiger partial charge in [-0.3, -0.25) is 9.17 Å². The Labute approximate surface area is 110 Å². The SMILES string of the molecule is O=S(=O)(OCc1cncc(Cl)c1)c1ccccc1. The fourth-order valence-corrected chi connectivity index (χ4v) is 2.45. The number of nitrogens with zero attached hydrogens (tertiary/aromatic N) is 1. The van der Waals surface area contributed by atoms with Crippen molar-refractivity contribution in [3.8, 4) is 0 Å². The monoisotopic (exact) mass is 283 g/mol. The van der Waals surface area contributed by atoms with Crippen LogP contribution in [0.3, 0.4) is 0 Å². The molecule has 0 aliphatic carbocycles. The van der Waals surface area contributed by atoms with Crippen LogP contribution in [0.4, 0.5) is 0 Å². The second-order valence-electron chi connectivity index (χ2n) is 3.54. The Kier molecular flexibility index (Phi) is 3.96. The van der Waals surface area contributed by atoms with Gasteiger partial charge < -0.3 is 0 Å². The highest BCUT2D eigenvalue weighted by atomic mass is 35.5. The average molecular weight is 284 g/mol. The minimum atomic E-state index is -3.74. The zero-order valence-electron chi connectivity index (χ0n) is 9.28. The van der Waals surface area contributed by atoms with Gasteiger partial charge in [0.1, 0.15) is 0 Å². The highest BCUT2D eigenvalue weighted by Gasteiger charge is 2.14. The molecule has 2 rings (SSSR count). The maximum absolute atomic E-state index is 11.8. The summed E-state index contributed by atoms with van der Waals surface area (Å²) in [4.78, 5) is 3.98. The molecule has 2 aromatic rings. The average Bonchev–Trinajstić information content (AvgIpc) is 2.38. The second-order valence-corrected chi connectivity index (χ2v) is 5.59. The molecule has 0 aliphatic heterocycles. The van der Waals surface area contributed by atoms with Gasteiger partial charge in [-0.05, 0) is 23.8 Å². The van der Waals surface area contributed by atoms with E-state index in [0.717, 1.165) is 0 Å². The number of benzene rings is 1. The summed E-state index contributed by atoms with van der Waals surface area (Å²) in [6.45, 7) is -0.0925. The van der Waals surface area contributed by atoms with Crippen molar-refractivity contribution in [2.24, 2.45) is 0 Å². The molecule has 0 spiro atoms. The summed E-state index contributed by atoms with van der Waals surface area (Å²) < 4.78 is 28.6. The van der Waals surface area contributed by atoms with Crippen molar-refractivity contribution >= 4 is 21.7 Å². The van der Waals surface area contributed by atoms with Crippen LogP contribution in [0.25, 0.3) is 0 Å². The standard InChI is InChI=1S/C12H10ClNO3S/c13-11-6-10(7-14-8-11)9-17-18(15,16)12-4-2-1-3-5-12/h1-8H,9H2. The van der Waals surface area contributed by atoms with Gasteiger partial charge in [0.2, 0.25) is 0 Å². The number of aromatic nitrogens is 1. The maximum atomic E-state index is 11.8. The van der Waals surface area contributed by atoms with Crippen LogP contribution in [0.2, 0.25) is 5.02 Å². The summed E-state index contributed by atoms with van der Waals surface area (Å²) in [6, 6.07) is 9.57. The molecule has 0 fully saturated rings. The van der Waals surface area contributed by atoms with Gasteiger partial charge in [-0.1, -0.05) is 29.8 Å². The van der Waals surface area contributed by atoms with Crippen LogP contribution in [-0.4, -0.2) is 13.4 Å². The predicted octanol–water partition coefficient (Wildman–Crippen LogP) is 2.64. The van der Waals surface area contributed by atoms with E-state index in [-0.39, 0.29) is 11.5 Å². The normalized spacial score (nSPS) is 11.4. The van der Waals surface area contributed by atoms with Crippen LogP contribution in [0.15, 0.2) is 53.7 Å². The highest BCUT2D eigenvalue weighted by Crippen LogP contribution is 2.15. The molecule has 0 unspecified atom stereocenters. The van der Waals surface area contributed by atoms with E-state index < -0.39 is 10.1 Å². The Balaban J connectivity index is 2.11. The molecular formula is C12H10ClNO3S. The number of hydrogen-bond donors (Lipinski definition) is 0. The van der Waals surface area contributed by atoms with Crippen molar-refractivity contribution in [3.63, 3.8) is 0 Å². The summed E-state index contributed by atoms with van der Waals surface area (Å²) in [6.07, 6.45) is 2.98. The lowest BCUT2D eigenvalue weighted by molar-refractivity contribution is 0.307. The Morgan fingerprint density at radius 1 is 1.17 bits per heavy atom. The molecule has 18 heavy (non-hydrogen) atoms. The Bertz CT molecular complexity index is 629. The van der Waals surface area contributed by atoms with Gasteiger partial charge in [0.15, 0.2) is 0 Å². The zero-order chi connectivity index (χ0) is 13.0. The minimum Gasteiger partial charge on any atom is -0.263 e. The van der Waals surface area contributed by atoms with Gasteiger partial charge in [0, 0.05) is 12.4 Å². The molecule has 6 heteroatoms. The van der Waals surface area contributed by atoms with Crippen molar-refractivity contribution in [3.05, 3.63) is 59.4 Å². The molecule has 0 bridgehead atoms. The quantitative estimate of drug-likeness (QED) is 0.810. The molecule has 0 aliphatic rings. The van der Waals surface area contributed by atoms with Crippen LogP contribution < -0.4 is 0 Å². The molecule has 94 valence electrons. The Hall–Kier alpha value is -1.43. The molecular weight excluding hydrogens is 274 g/mol. The van der Waals surface area contributed by atoms with Crippen molar-refractivity contribution in [1.82, 2.24) is 4.98 Å². The maximum Gasteiger partial charge on any atom is 0.297 e. The van der Waals surface area contributed by atoms with Crippen LogP contribution in [0.5, 0.6) is 0 Å². The minimum absolute atomic E-state index is 0.0925. The van der Waals surface area contributed by atoms with E-state index in [1.54, 1.807) is 24.3 Å². The molecule has 1 heterocycles. The molecule has 0 atom stereocenters. The molecule has 1 aromatic carbocycles. The van der Waals surface area contributed by atoms with Gasteiger partial charge >= 0.3 is 0 Å². The van der Waals surface area contributed by atoms with E-state index >= 15 is 0 Å². The van der Waals surface area contributed by atoms with Crippen molar-refractivity contribution < 1.29 is 12.6 Å². The fourth-order valence-electron chi connectivity index (χ4n) is 1.34. The van der Waals surface area contributed by atoms with E-state index in [1.165, 1.54) is 24.5 Å². The molecule has 0 saturated carbocycles. The predicted molar refractivity (Wildman–Crippen MR) is 67.7 cm³/mol. The number of pyridine rings is 1. The first-order valence-electron chi connectivity index (χ1n) is 5.12. The lowest BCUT2D eigenvalue weighted by atomic mass is 10.3. The largest absolute Gasteiger partial charge is 0.297 e. The fraction of sp³-hybridized carbons (Fsp3) is 0.0833. The van der Waals surface area contributed by atoms with Crippen molar-refractivity contribution in [2.75, 3.05) is 0 Å². The topological polar surface area (TPSA) is 56.3 Å². The zero-order valence-corrected chi connectivity index (χ0v) is 10.9. The number of rotatable bonds is 4. The van der Waals surface area contributed by atoms with Crippen molar-refractivity contribution in [2.45, 2.75) is 11.5 Å². The highest BCUT2D eigenvalue weighted by molar-refractivity contribution is 7.86. The Morgan fingerprint density at radius 3 is 2.56 bits per heavy atom. The summed E-state index contributed by atoms with van der Waals surface area (Å²) >= 11 is 5.74. The van der Waals surface area contributed by atoms with Gasteiger partial charge in [-0.2, -0.15) is 8.42 Å². The van der Waals surface area contributed by atoms with Crippen molar-refractivity contribution in [1.29, 1.82) is 0 Å². The van der Waals surface area contributed by atoms with Gasteiger partial charge in [0.05, 0.1) is 16.5 Å². The summed E-state index contributed by atoms with van der Waals surface area (Å²) in [5.74, 6) is 0. The Morgan fingerprint density at radius 2 is 1.89 bits per heavy atom. The van der Waals surface area contributed by atoms with Crippen LogP contribution in [-0.2, 0) is 20.9 Å². The van der Waals surface area contributed by atoms with E-state index in [4.69, 9.17) is 15.8 Å². The smallest absolute Gasteiger partial charge is 0.263 e.